The number of carbonyl (C=O) groups excluding carboxylic acids is 3. The van der Waals surface area contributed by atoms with Gasteiger partial charge < -0.3 is 25.2 Å². The quantitative estimate of drug-likeness (QED) is 0.328. The van der Waals surface area contributed by atoms with Crippen molar-refractivity contribution in [2.24, 2.45) is 0 Å². The molecule has 222 valence electrons. The molecule has 12 heteroatoms. The van der Waals surface area contributed by atoms with Crippen LogP contribution in [0.25, 0.3) is 0 Å². The molecule has 2 heterocycles. The Labute approximate surface area is 238 Å². The first-order chi connectivity index (χ1) is 19.2. The van der Waals surface area contributed by atoms with Crippen molar-refractivity contribution >= 4 is 23.7 Å². The molecule has 1 atom stereocenters. The van der Waals surface area contributed by atoms with Gasteiger partial charge in [-0.2, -0.15) is 13.2 Å². The summed E-state index contributed by atoms with van der Waals surface area (Å²) < 4.78 is 43.8. The molecule has 0 bridgehead atoms. The first-order valence-corrected chi connectivity index (χ1v) is 12.9. The fourth-order valence-electron chi connectivity index (χ4n) is 4.11. The van der Waals surface area contributed by atoms with Crippen LogP contribution in [0.3, 0.4) is 0 Å². The van der Waals surface area contributed by atoms with Gasteiger partial charge in [0.2, 0.25) is 5.91 Å². The van der Waals surface area contributed by atoms with Crippen molar-refractivity contribution in [2.45, 2.75) is 52.4 Å². The molecule has 0 radical (unpaired) electrons. The summed E-state index contributed by atoms with van der Waals surface area (Å²) in [6.45, 7) is 3.37. The van der Waals surface area contributed by atoms with E-state index in [9.17, 15) is 27.6 Å². The van der Waals surface area contributed by atoms with Gasteiger partial charge in [-0.25, -0.2) is 9.78 Å². The molecule has 1 aliphatic heterocycles. The number of piperazine rings is 1. The van der Waals surface area contributed by atoms with Gasteiger partial charge in [0.05, 0.1) is 5.56 Å². The molecule has 1 aromatic carbocycles. The number of hydrogen-bond donors (Lipinski definition) is 2. The summed E-state index contributed by atoms with van der Waals surface area (Å²) in [4.78, 5) is 44.8. The molecule has 0 spiro atoms. The number of pyridine rings is 1. The zero-order valence-electron chi connectivity index (χ0n) is 22.2. The minimum absolute atomic E-state index is 0. The van der Waals surface area contributed by atoms with E-state index >= 15 is 0 Å². The average Bonchev–Trinajstić information content (AvgIpc) is 2.95. The monoisotopic (exact) mass is 575 g/mol. The number of aromatic nitrogens is 1. The lowest BCUT2D eigenvalue weighted by atomic mass is 10.1. The van der Waals surface area contributed by atoms with Crippen molar-refractivity contribution in [2.75, 3.05) is 37.6 Å². The predicted molar refractivity (Wildman–Crippen MR) is 149 cm³/mol. The lowest BCUT2D eigenvalue weighted by Crippen LogP contribution is -2.55. The number of hydrogen-bond acceptors (Lipinski definition) is 6. The number of nitrogens with zero attached hydrogens (tertiary/aromatic N) is 3. The summed E-state index contributed by atoms with van der Waals surface area (Å²) in [7, 11) is 0. The molecule has 2 N–H and O–H groups in total. The standard InChI is InChI=1S/C28H32F3N5O4.CH4/c1-2-8-25(37)32-14-7-6-11-23(34-27(39)40-20-21-9-4-3-5-10-21)26(38)36-17-15-35(16-18-36)24-13-12-22(19-33-24)28(29,30)31;/h3-5,9-10,12-13,19,23H,6-7,11,14-18,20H2,1H3,(H,32,37)(H,34,39);1H4/t23-;/m0./s1. The predicted octanol–water partition coefficient (Wildman–Crippen LogP) is 3.99. The molecule has 3 amide bonds. The van der Waals surface area contributed by atoms with E-state index in [0.29, 0.717) is 57.8 Å². The average molecular weight is 576 g/mol. The van der Waals surface area contributed by atoms with E-state index in [1.54, 1.807) is 11.8 Å². The molecule has 1 saturated heterocycles. The van der Waals surface area contributed by atoms with Gasteiger partial charge in [0, 0.05) is 38.9 Å². The largest absolute Gasteiger partial charge is 0.445 e. The number of unbranched alkanes of at least 4 members (excludes halogenated alkanes) is 1. The molecule has 0 unspecified atom stereocenters. The molecule has 9 nitrogen and oxygen atoms in total. The minimum atomic E-state index is -4.46. The van der Waals surface area contributed by atoms with Gasteiger partial charge in [-0.1, -0.05) is 43.7 Å². The van der Waals surface area contributed by atoms with Crippen LogP contribution in [0.5, 0.6) is 0 Å². The molecule has 41 heavy (non-hydrogen) atoms. The number of nitrogens with one attached hydrogen (secondary N) is 2. The van der Waals surface area contributed by atoms with Crippen LogP contribution < -0.4 is 15.5 Å². The van der Waals surface area contributed by atoms with Gasteiger partial charge in [-0.3, -0.25) is 9.59 Å². The smallest absolute Gasteiger partial charge is 0.417 e. The van der Waals surface area contributed by atoms with Crippen molar-refractivity contribution in [1.29, 1.82) is 0 Å². The lowest BCUT2D eigenvalue weighted by Gasteiger charge is -2.37. The lowest BCUT2D eigenvalue weighted by molar-refractivity contribution is -0.138. The number of alkyl carbamates (subject to hydrolysis) is 1. The summed E-state index contributed by atoms with van der Waals surface area (Å²) >= 11 is 0. The summed E-state index contributed by atoms with van der Waals surface area (Å²) in [6, 6.07) is 10.6. The third-order valence-electron chi connectivity index (χ3n) is 6.24. The molecule has 1 fully saturated rings. The SMILES string of the molecule is C.CC#CC(=O)NCCCC[C@H](NC(=O)OCc1ccccc1)C(=O)N1CCN(c2ccc(C(F)(F)F)cn2)CC1. The summed E-state index contributed by atoms with van der Waals surface area (Å²) in [6.07, 6.45) is -2.93. The van der Waals surface area contributed by atoms with Crippen LogP contribution in [-0.2, 0) is 27.1 Å². The molecule has 1 aromatic heterocycles. The summed E-state index contributed by atoms with van der Waals surface area (Å²) in [5.74, 6) is 4.65. The van der Waals surface area contributed by atoms with E-state index < -0.39 is 23.9 Å². The highest BCUT2D eigenvalue weighted by Crippen LogP contribution is 2.29. The second-order valence-corrected chi connectivity index (χ2v) is 9.10. The van der Waals surface area contributed by atoms with Crippen LogP contribution in [0.1, 0.15) is 44.7 Å². The van der Waals surface area contributed by atoms with Crippen LogP contribution in [-0.4, -0.2) is 66.6 Å². The van der Waals surface area contributed by atoms with Crippen LogP contribution in [0.15, 0.2) is 48.7 Å². The fraction of sp³-hybridized carbons (Fsp3) is 0.448. The molecule has 0 aliphatic carbocycles. The molecule has 2 aromatic rings. The fourth-order valence-corrected chi connectivity index (χ4v) is 4.11. The third-order valence-corrected chi connectivity index (χ3v) is 6.24. The number of ether oxygens (including phenoxy) is 1. The zero-order valence-corrected chi connectivity index (χ0v) is 22.2. The van der Waals surface area contributed by atoms with Crippen LogP contribution >= 0.6 is 0 Å². The van der Waals surface area contributed by atoms with Crippen molar-refractivity contribution < 1.29 is 32.3 Å². The van der Waals surface area contributed by atoms with E-state index in [1.165, 1.54) is 6.07 Å². The molecule has 0 saturated carbocycles. The van der Waals surface area contributed by atoms with Crippen molar-refractivity contribution in [3.63, 3.8) is 0 Å². The highest BCUT2D eigenvalue weighted by atomic mass is 19.4. The Morgan fingerprint density at radius 2 is 1.76 bits per heavy atom. The highest BCUT2D eigenvalue weighted by molar-refractivity contribution is 5.93. The van der Waals surface area contributed by atoms with Gasteiger partial charge in [0.15, 0.2) is 0 Å². The summed E-state index contributed by atoms with van der Waals surface area (Å²) in [5.41, 5.74) is -0.0181. The Hall–Kier alpha value is -4.27. The maximum atomic E-state index is 13.4. The number of benzene rings is 1. The number of alkyl halides is 3. The van der Waals surface area contributed by atoms with E-state index in [4.69, 9.17) is 4.74 Å². The number of anilines is 1. The first kappa shape index (κ1) is 32.9. The number of amides is 3. The van der Waals surface area contributed by atoms with Gasteiger partial charge in [0.25, 0.3) is 5.91 Å². The van der Waals surface area contributed by atoms with Crippen molar-refractivity contribution in [1.82, 2.24) is 20.5 Å². The molecular weight excluding hydrogens is 539 g/mol. The third kappa shape index (κ3) is 10.7. The molecule has 1 aliphatic rings. The van der Waals surface area contributed by atoms with Crippen LogP contribution in [0.2, 0.25) is 0 Å². The Balaban J connectivity index is 0.00000588. The van der Waals surface area contributed by atoms with E-state index in [1.807, 2.05) is 35.2 Å². The highest BCUT2D eigenvalue weighted by Gasteiger charge is 2.32. The van der Waals surface area contributed by atoms with Crippen molar-refractivity contribution in [3.8, 4) is 11.8 Å². The summed E-state index contributed by atoms with van der Waals surface area (Å²) in [5, 5.41) is 5.34. The first-order valence-electron chi connectivity index (χ1n) is 12.9. The van der Waals surface area contributed by atoms with Crippen LogP contribution in [0, 0.1) is 11.8 Å². The van der Waals surface area contributed by atoms with E-state index in [2.05, 4.69) is 27.5 Å². The number of carbonyl (C=O) groups is 3. The van der Waals surface area contributed by atoms with Gasteiger partial charge in [-0.05, 0) is 49.8 Å². The number of rotatable bonds is 10. The van der Waals surface area contributed by atoms with Gasteiger partial charge >= 0.3 is 12.3 Å². The second kappa shape index (κ2) is 16.1. The Morgan fingerprint density at radius 3 is 2.37 bits per heavy atom. The number of halogens is 3. The normalized spacial score (nSPS) is 13.7. The Bertz CT molecular complexity index is 1190. The van der Waals surface area contributed by atoms with Gasteiger partial charge in [-0.15, -0.1) is 0 Å². The Kier molecular flexibility index (Phi) is 12.9. The Morgan fingerprint density at radius 1 is 1.05 bits per heavy atom. The van der Waals surface area contributed by atoms with Crippen LogP contribution in [0.4, 0.5) is 23.8 Å². The molecule has 3 rings (SSSR count). The second-order valence-electron chi connectivity index (χ2n) is 9.10. The topological polar surface area (TPSA) is 104 Å². The molecular formula is C29H36F3N5O4. The van der Waals surface area contributed by atoms with Gasteiger partial charge in [0.1, 0.15) is 18.5 Å². The zero-order chi connectivity index (χ0) is 29.0. The van der Waals surface area contributed by atoms with E-state index in [-0.39, 0.29) is 25.8 Å². The minimum Gasteiger partial charge on any atom is -0.445 e. The maximum Gasteiger partial charge on any atom is 0.417 e. The maximum absolute atomic E-state index is 13.4. The van der Waals surface area contributed by atoms with E-state index in [0.717, 1.165) is 17.8 Å². The van der Waals surface area contributed by atoms with Crippen molar-refractivity contribution in [3.05, 3.63) is 59.8 Å².